The Balaban J connectivity index is 4.07. The van der Waals surface area contributed by atoms with Crippen molar-refractivity contribution < 1.29 is 37.6 Å². The van der Waals surface area contributed by atoms with Crippen molar-refractivity contribution in [1.29, 1.82) is 0 Å². The van der Waals surface area contributed by atoms with E-state index >= 15 is 0 Å². The van der Waals surface area contributed by atoms with E-state index in [0.717, 1.165) is 89.9 Å². The van der Waals surface area contributed by atoms with E-state index < -0.39 is 26.5 Å². The zero-order valence-corrected chi connectivity index (χ0v) is 38.8. The normalized spacial score (nSPS) is 13.9. The summed E-state index contributed by atoms with van der Waals surface area (Å²) >= 11 is 0. The molecule has 8 nitrogen and oxygen atoms in total. The molecule has 0 heterocycles. The number of phosphoric ester groups is 1. The number of carbonyl (C=O) groups excluding carboxylic acids is 2. The molecule has 0 aromatic heterocycles. The Bertz CT molecular complexity index is 1190. The number of esters is 2. The molecule has 0 spiro atoms. The summed E-state index contributed by atoms with van der Waals surface area (Å²) < 4.78 is 32.7. The minimum absolute atomic E-state index is 0.00595. The van der Waals surface area contributed by atoms with Crippen LogP contribution < -0.4 is 0 Å². The molecule has 0 saturated heterocycles. The maximum atomic E-state index is 12.6. The summed E-state index contributed by atoms with van der Waals surface area (Å²) in [5.74, 6) is -0.817. The van der Waals surface area contributed by atoms with Gasteiger partial charge in [0, 0.05) is 12.8 Å². The summed E-state index contributed by atoms with van der Waals surface area (Å²) in [6.45, 7) is 5.34. The van der Waals surface area contributed by atoms with Gasteiger partial charge in [0.25, 0.3) is 0 Å². The van der Waals surface area contributed by atoms with Crippen molar-refractivity contribution in [3.63, 3.8) is 0 Å². The predicted molar refractivity (Wildman–Crippen MR) is 248 cm³/mol. The van der Waals surface area contributed by atoms with E-state index in [1.807, 2.05) is 0 Å². The first-order valence-corrected chi connectivity index (χ1v) is 25.2. The minimum atomic E-state index is -4.29. The molecular weight excluding hydrogens is 760 g/mol. The molecule has 0 aliphatic rings. The van der Waals surface area contributed by atoms with E-state index in [1.54, 1.807) is 6.92 Å². The first-order valence-electron chi connectivity index (χ1n) is 23.7. The van der Waals surface area contributed by atoms with Crippen LogP contribution in [-0.2, 0) is 32.7 Å². The molecule has 340 valence electrons. The maximum Gasteiger partial charge on any atom is 0.472 e. The summed E-state index contributed by atoms with van der Waals surface area (Å²) in [4.78, 5) is 34.9. The fourth-order valence-electron chi connectivity index (χ4n) is 6.30. The number of ether oxygens (including phenoxy) is 2. The lowest BCUT2D eigenvalue weighted by Crippen LogP contribution is -2.29. The number of hydrogen-bond donors (Lipinski definition) is 1. The molecule has 0 radical (unpaired) electrons. The van der Waals surface area contributed by atoms with Crippen LogP contribution in [0.4, 0.5) is 0 Å². The highest BCUT2D eigenvalue weighted by Crippen LogP contribution is 2.43. The first-order chi connectivity index (χ1) is 28.8. The van der Waals surface area contributed by atoms with Gasteiger partial charge in [0.15, 0.2) is 6.10 Å². The summed E-state index contributed by atoms with van der Waals surface area (Å²) in [6, 6.07) is 0. The van der Waals surface area contributed by atoms with Crippen molar-refractivity contribution >= 4 is 19.8 Å². The van der Waals surface area contributed by atoms with Crippen molar-refractivity contribution in [3.05, 3.63) is 72.9 Å². The molecule has 1 N–H and O–H groups in total. The van der Waals surface area contributed by atoms with Crippen molar-refractivity contribution in [2.24, 2.45) is 0 Å². The highest BCUT2D eigenvalue weighted by atomic mass is 31.2. The SMILES string of the molecule is CC/C=C\C/C=C\C/C=C\C/C=C\CCCCCCCCCCC(=O)OC(COC(=O)CCCCCCCCC/C=C\C/C=C\CCCCCC)COP(=O)(O)OCC. The second kappa shape index (κ2) is 45.0. The van der Waals surface area contributed by atoms with Crippen LogP contribution in [0.25, 0.3) is 0 Å². The largest absolute Gasteiger partial charge is 0.472 e. The number of allylic oxidation sites excluding steroid dienone is 12. The third-order valence-corrected chi connectivity index (χ3v) is 10.8. The van der Waals surface area contributed by atoms with Gasteiger partial charge in [-0.25, -0.2) is 4.57 Å². The maximum absolute atomic E-state index is 12.6. The molecule has 0 fully saturated rings. The van der Waals surface area contributed by atoms with Crippen LogP contribution >= 0.6 is 7.82 Å². The summed E-state index contributed by atoms with van der Waals surface area (Å²) in [5, 5.41) is 0. The van der Waals surface area contributed by atoms with Gasteiger partial charge in [-0.15, -0.1) is 0 Å². The second-order valence-corrected chi connectivity index (χ2v) is 16.8. The Kier molecular flexibility index (Phi) is 43.1. The van der Waals surface area contributed by atoms with Gasteiger partial charge < -0.3 is 14.4 Å². The third-order valence-electron chi connectivity index (χ3n) is 9.75. The molecule has 9 heteroatoms. The lowest BCUT2D eigenvalue weighted by atomic mass is 10.1. The fraction of sp³-hybridized carbons (Fsp3) is 0.720. The molecule has 59 heavy (non-hydrogen) atoms. The predicted octanol–water partition coefficient (Wildman–Crippen LogP) is 15.3. The lowest BCUT2D eigenvalue weighted by molar-refractivity contribution is -0.161. The van der Waals surface area contributed by atoms with Crippen LogP contribution in [0.2, 0.25) is 0 Å². The van der Waals surface area contributed by atoms with Crippen LogP contribution in [0, 0.1) is 0 Å². The Morgan fingerprint density at radius 1 is 0.475 bits per heavy atom. The third kappa shape index (κ3) is 44.9. The molecule has 0 aromatic rings. The average molecular weight is 847 g/mol. The van der Waals surface area contributed by atoms with Crippen LogP contribution in [0.3, 0.4) is 0 Å². The van der Waals surface area contributed by atoms with Gasteiger partial charge in [-0.2, -0.15) is 0 Å². The Labute approximate surface area is 362 Å². The van der Waals surface area contributed by atoms with E-state index in [2.05, 4.69) is 86.8 Å². The van der Waals surface area contributed by atoms with Gasteiger partial charge >= 0.3 is 19.8 Å². The van der Waals surface area contributed by atoms with Crippen LogP contribution in [0.1, 0.15) is 207 Å². The Morgan fingerprint density at radius 2 is 0.864 bits per heavy atom. The Hall–Kier alpha value is -2.51. The standard InChI is InChI=1S/C50H87O8P/c1-4-7-9-11-13-15-17-19-21-23-25-26-27-29-31-33-35-37-39-41-43-45-50(52)58-48(47-57-59(53,54)56-6-3)46-55-49(51)44-42-40-38-36-34-32-30-28-24-22-20-18-16-14-12-10-8-5-2/h7,9,13,15-16,18-19,21-22,24-26,48H,4-6,8,10-12,14,17,20,23,27-47H2,1-3H3,(H,53,54)/b9-7-,15-13-,18-16-,21-19-,24-22-,26-25-. The zero-order chi connectivity index (χ0) is 43.2. The van der Waals surface area contributed by atoms with Gasteiger partial charge in [0.2, 0.25) is 0 Å². The summed E-state index contributed by atoms with van der Waals surface area (Å²) in [6.07, 6.45) is 56.6. The molecule has 0 aliphatic heterocycles. The first kappa shape index (κ1) is 56.5. The number of carbonyl (C=O) groups is 2. The number of unbranched alkanes of at least 4 members (excludes halogenated alkanes) is 19. The van der Waals surface area contributed by atoms with E-state index in [-0.39, 0.29) is 32.0 Å². The second-order valence-electron chi connectivity index (χ2n) is 15.4. The average Bonchev–Trinajstić information content (AvgIpc) is 3.22. The Morgan fingerprint density at radius 3 is 1.31 bits per heavy atom. The molecule has 2 unspecified atom stereocenters. The molecule has 0 rings (SSSR count). The highest BCUT2D eigenvalue weighted by Gasteiger charge is 2.25. The number of phosphoric acid groups is 1. The van der Waals surface area contributed by atoms with Gasteiger partial charge in [0.1, 0.15) is 6.61 Å². The fourth-order valence-corrected chi connectivity index (χ4v) is 7.05. The van der Waals surface area contributed by atoms with Crippen molar-refractivity contribution in [2.75, 3.05) is 19.8 Å². The topological polar surface area (TPSA) is 108 Å². The number of rotatable bonds is 43. The smallest absolute Gasteiger partial charge is 0.462 e. The van der Waals surface area contributed by atoms with Crippen molar-refractivity contribution in [3.8, 4) is 0 Å². The molecule has 0 saturated carbocycles. The van der Waals surface area contributed by atoms with E-state index in [1.165, 1.54) is 77.0 Å². The molecule has 0 aliphatic carbocycles. The molecular formula is C50H87O8P. The van der Waals surface area contributed by atoms with Crippen LogP contribution in [0.5, 0.6) is 0 Å². The monoisotopic (exact) mass is 847 g/mol. The van der Waals surface area contributed by atoms with Crippen LogP contribution in [-0.4, -0.2) is 42.8 Å². The van der Waals surface area contributed by atoms with E-state index in [0.29, 0.717) is 6.42 Å². The van der Waals surface area contributed by atoms with E-state index in [4.69, 9.17) is 18.5 Å². The summed E-state index contributed by atoms with van der Waals surface area (Å²) in [5.41, 5.74) is 0. The van der Waals surface area contributed by atoms with Gasteiger partial charge in [-0.3, -0.25) is 18.6 Å². The molecule has 0 amide bonds. The molecule has 0 aromatic carbocycles. The van der Waals surface area contributed by atoms with Crippen molar-refractivity contribution in [2.45, 2.75) is 213 Å². The lowest BCUT2D eigenvalue weighted by Gasteiger charge is -2.19. The van der Waals surface area contributed by atoms with Gasteiger partial charge in [-0.05, 0) is 90.4 Å². The van der Waals surface area contributed by atoms with Crippen LogP contribution in [0.15, 0.2) is 72.9 Å². The number of hydrogen-bond acceptors (Lipinski definition) is 7. The highest BCUT2D eigenvalue weighted by molar-refractivity contribution is 7.47. The molecule has 0 bridgehead atoms. The molecule has 2 atom stereocenters. The van der Waals surface area contributed by atoms with Crippen molar-refractivity contribution in [1.82, 2.24) is 0 Å². The van der Waals surface area contributed by atoms with Gasteiger partial charge in [0.05, 0.1) is 13.2 Å². The quantitative estimate of drug-likeness (QED) is 0.0280. The van der Waals surface area contributed by atoms with E-state index in [9.17, 15) is 19.0 Å². The minimum Gasteiger partial charge on any atom is -0.462 e. The summed E-state index contributed by atoms with van der Waals surface area (Å²) in [7, 11) is -4.29. The van der Waals surface area contributed by atoms with Gasteiger partial charge in [-0.1, -0.05) is 177 Å². The zero-order valence-electron chi connectivity index (χ0n) is 37.9.